The van der Waals surface area contributed by atoms with E-state index < -0.39 is 0 Å². The molecule has 0 unspecified atom stereocenters. The lowest BCUT2D eigenvalue weighted by Gasteiger charge is -2.04. The van der Waals surface area contributed by atoms with Crippen molar-refractivity contribution in [3.8, 4) is 0 Å². The molecule has 0 saturated carbocycles. The van der Waals surface area contributed by atoms with Crippen LogP contribution in [0.2, 0.25) is 0 Å². The van der Waals surface area contributed by atoms with Gasteiger partial charge in [-0.1, -0.05) is 20.8 Å². The molecule has 0 amide bonds. The van der Waals surface area contributed by atoms with E-state index in [9.17, 15) is 0 Å². The maximum atomic E-state index is 3.32. The van der Waals surface area contributed by atoms with Crippen LogP contribution in [0.3, 0.4) is 0 Å². The maximum Gasteiger partial charge on any atom is 0.00581 e. The van der Waals surface area contributed by atoms with Gasteiger partial charge in [-0.3, -0.25) is 0 Å². The van der Waals surface area contributed by atoms with Crippen LogP contribution in [0.15, 0.2) is 0 Å². The molecule has 0 aliphatic heterocycles. The van der Waals surface area contributed by atoms with Crippen molar-refractivity contribution in [2.75, 3.05) is 24.6 Å². The Bertz CT molecular complexity index is 74.0. The minimum atomic E-state index is 0.863. The fourth-order valence-corrected chi connectivity index (χ4v) is 1.87. The van der Waals surface area contributed by atoms with Crippen LogP contribution in [0.5, 0.6) is 0 Å². The van der Waals surface area contributed by atoms with Crippen LogP contribution in [-0.2, 0) is 0 Å². The van der Waals surface area contributed by atoms with Crippen LogP contribution >= 0.6 is 11.8 Å². The van der Waals surface area contributed by atoms with E-state index in [1.165, 1.54) is 24.5 Å². The molecule has 0 saturated heterocycles. The van der Waals surface area contributed by atoms with Gasteiger partial charge in [-0.2, -0.15) is 11.8 Å². The Morgan fingerprint density at radius 2 is 2.00 bits per heavy atom. The second-order valence-electron chi connectivity index (χ2n) is 3.15. The summed E-state index contributed by atoms with van der Waals surface area (Å²) in [5.74, 6) is 3.45. The van der Waals surface area contributed by atoms with Crippen LogP contribution < -0.4 is 5.32 Å². The van der Waals surface area contributed by atoms with E-state index in [2.05, 4.69) is 37.8 Å². The van der Waals surface area contributed by atoms with E-state index in [0.29, 0.717) is 0 Å². The first kappa shape index (κ1) is 11.3. The highest BCUT2D eigenvalue weighted by molar-refractivity contribution is 7.99. The Balaban J connectivity index is 2.80. The highest BCUT2D eigenvalue weighted by Crippen LogP contribution is 2.07. The average molecular weight is 175 g/mol. The molecule has 0 aromatic heterocycles. The van der Waals surface area contributed by atoms with Gasteiger partial charge in [-0.05, 0) is 24.6 Å². The molecule has 0 radical (unpaired) electrons. The number of hydrogen-bond acceptors (Lipinski definition) is 2. The predicted octanol–water partition coefficient (Wildman–Crippen LogP) is 2.38. The summed E-state index contributed by atoms with van der Waals surface area (Å²) in [6.07, 6.45) is 1.36. The first-order chi connectivity index (χ1) is 5.27. The fraction of sp³-hybridized carbons (Fsp3) is 1.00. The molecule has 2 heteroatoms. The van der Waals surface area contributed by atoms with Gasteiger partial charge in [0.25, 0.3) is 0 Å². The fourth-order valence-electron chi connectivity index (χ4n) is 0.742. The van der Waals surface area contributed by atoms with Crippen molar-refractivity contribution in [1.82, 2.24) is 5.32 Å². The molecule has 1 nitrogen and oxygen atoms in total. The van der Waals surface area contributed by atoms with Crippen molar-refractivity contribution in [3.05, 3.63) is 0 Å². The van der Waals surface area contributed by atoms with Crippen LogP contribution in [0.1, 0.15) is 27.2 Å². The maximum absolute atomic E-state index is 3.32. The Hall–Kier alpha value is 0.310. The van der Waals surface area contributed by atoms with Crippen LogP contribution in [0.25, 0.3) is 0 Å². The van der Waals surface area contributed by atoms with Crippen molar-refractivity contribution in [3.63, 3.8) is 0 Å². The lowest BCUT2D eigenvalue weighted by Crippen LogP contribution is -2.16. The molecule has 0 fully saturated rings. The summed E-state index contributed by atoms with van der Waals surface area (Å²) in [7, 11) is 0. The zero-order chi connectivity index (χ0) is 8.53. The number of thioether (sulfide) groups is 1. The van der Waals surface area contributed by atoms with E-state index in [1.807, 2.05) is 0 Å². The molecule has 1 N–H and O–H groups in total. The summed E-state index contributed by atoms with van der Waals surface area (Å²) in [4.78, 5) is 0. The number of rotatable bonds is 7. The van der Waals surface area contributed by atoms with Gasteiger partial charge in [-0.15, -0.1) is 0 Å². The van der Waals surface area contributed by atoms with Crippen molar-refractivity contribution >= 4 is 11.8 Å². The second-order valence-corrected chi connectivity index (χ2v) is 4.37. The summed E-state index contributed by atoms with van der Waals surface area (Å²) < 4.78 is 0. The monoisotopic (exact) mass is 175 g/mol. The largest absolute Gasteiger partial charge is 0.316 e. The Morgan fingerprint density at radius 3 is 2.55 bits per heavy atom. The summed E-state index contributed by atoms with van der Waals surface area (Å²) in [5.41, 5.74) is 0. The minimum Gasteiger partial charge on any atom is -0.316 e. The molecular formula is C9H21NS. The summed E-state index contributed by atoms with van der Waals surface area (Å²) in [6, 6.07) is 0. The van der Waals surface area contributed by atoms with E-state index in [-0.39, 0.29) is 0 Å². The zero-order valence-electron chi connectivity index (χ0n) is 8.02. The molecule has 0 aromatic rings. The molecule has 68 valence electrons. The van der Waals surface area contributed by atoms with E-state index in [1.54, 1.807) is 0 Å². The molecule has 0 aliphatic rings. The molecule has 0 spiro atoms. The van der Waals surface area contributed by atoms with Gasteiger partial charge in [0.05, 0.1) is 0 Å². The van der Waals surface area contributed by atoms with Crippen LogP contribution in [0.4, 0.5) is 0 Å². The van der Waals surface area contributed by atoms with Crippen molar-refractivity contribution in [2.45, 2.75) is 27.2 Å². The molecule has 0 heterocycles. The zero-order valence-corrected chi connectivity index (χ0v) is 8.84. The van der Waals surface area contributed by atoms with Crippen LogP contribution in [-0.4, -0.2) is 24.6 Å². The van der Waals surface area contributed by atoms with Crippen LogP contribution in [0, 0.1) is 5.92 Å². The first-order valence-electron chi connectivity index (χ1n) is 4.55. The van der Waals surface area contributed by atoms with E-state index in [4.69, 9.17) is 0 Å². The van der Waals surface area contributed by atoms with E-state index in [0.717, 1.165) is 12.5 Å². The van der Waals surface area contributed by atoms with Crippen molar-refractivity contribution in [1.29, 1.82) is 0 Å². The highest BCUT2D eigenvalue weighted by atomic mass is 32.2. The molecule has 11 heavy (non-hydrogen) atoms. The second kappa shape index (κ2) is 8.41. The van der Waals surface area contributed by atoms with Gasteiger partial charge in [0, 0.05) is 12.3 Å². The lowest BCUT2D eigenvalue weighted by molar-refractivity contribution is 0.632. The molecule has 0 rings (SSSR count). The highest BCUT2D eigenvalue weighted by Gasteiger charge is 1.93. The predicted molar refractivity (Wildman–Crippen MR) is 55.3 cm³/mol. The van der Waals surface area contributed by atoms with Gasteiger partial charge in [0.15, 0.2) is 0 Å². The van der Waals surface area contributed by atoms with Gasteiger partial charge in [0.1, 0.15) is 0 Å². The summed E-state index contributed by atoms with van der Waals surface area (Å²) in [6.45, 7) is 8.98. The SMILES string of the molecule is CCNCCSCCC(C)C. The van der Waals surface area contributed by atoms with Gasteiger partial charge >= 0.3 is 0 Å². The summed E-state index contributed by atoms with van der Waals surface area (Å²) >= 11 is 2.06. The van der Waals surface area contributed by atoms with Gasteiger partial charge < -0.3 is 5.32 Å². The standard InChI is InChI=1S/C9H21NS/c1-4-10-6-8-11-7-5-9(2)3/h9-10H,4-8H2,1-3H3. The Labute approximate surface area is 75.3 Å². The van der Waals surface area contributed by atoms with Gasteiger partial charge in [0.2, 0.25) is 0 Å². The smallest absolute Gasteiger partial charge is 0.00581 e. The normalized spacial score (nSPS) is 10.9. The lowest BCUT2D eigenvalue weighted by atomic mass is 10.2. The molecule has 0 aliphatic carbocycles. The van der Waals surface area contributed by atoms with E-state index >= 15 is 0 Å². The average Bonchev–Trinajstić information content (AvgIpc) is 1.96. The number of nitrogens with one attached hydrogen (secondary N) is 1. The third-order valence-corrected chi connectivity index (χ3v) is 2.53. The summed E-state index contributed by atoms with van der Waals surface area (Å²) in [5, 5.41) is 3.32. The quantitative estimate of drug-likeness (QED) is 0.596. The van der Waals surface area contributed by atoms with Gasteiger partial charge in [-0.25, -0.2) is 0 Å². The molecule has 0 bridgehead atoms. The Morgan fingerprint density at radius 1 is 1.27 bits per heavy atom. The number of hydrogen-bond donors (Lipinski definition) is 1. The molecule has 0 aromatic carbocycles. The van der Waals surface area contributed by atoms with Crippen molar-refractivity contribution in [2.24, 2.45) is 5.92 Å². The van der Waals surface area contributed by atoms with Crippen molar-refractivity contribution < 1.29 is 0 Å². The third-order valence-electron chi connectivity index (χ3n) is 1.51. The topological polar surface area (TPSA) is 12.0 Å². The first-order valence-corrected chi connectivity index (χ1v) is 5.71. The third kappa shape index (κ3) is 10.3. The minimum absolute atomic E-state index is 0.863. The Kier molecular flexibility index (Phi) is 8.64. The molecular weight excluding hydrogens is 154 g/mol. The molecule has 0 atom stereocenters.